The molecule has 66 heavy (non-hydrogen) atoms. The fraction of sp³-hybridized carbons (Fsp3) is 0.0625. The Kier molecular flexibility index (Phi) is 10.5. The summed E-state index contributed by atoms with van der Waals surface area (Å²) in [5.74, 6) is 0. The minimum absolute atomic E-state index is 0.778. The topological polar surface area (TPSA) is 9.86 Å². The van der Waals surface area contributed by atoms with Crippen LogP contribution >= 0.6 is 0 Å². The summed E-state index contributed by atoms with van der Waals surface area (Å²) in [6, 6.07) is 58.2. The number of benzene rings is 7. The molecule has 11 rings (SSSR count). The minimum atomic E-state index is 0.778. The molecule has 2 nitrogen and oxygen atoms in total. The molecule has 9 aromatic rings. The van der Waals surface area contributed by atoms with Gasteiger partial charge in [0.2, 0.25) is 0 Å². The molecule has 0 aliphatic heterocycles. The Hall–Kier alpha value is -8.20. The highest BCUT2D eigenvalue weighted by atomic mass is 15.0. The van der Waals surface area contributed by atoms with E-state index in [1.165, 1.54) is 105 Å². The maximum Gasteiger partial charge on any atom is 0.0547 e. The molecule has 0 N–H and O–H groups in total. The van der Waals surface area contributed by atoms with E-state index >= 15 is 0 Å². The van der Waals surface area contributed by atoms with Crippen LogP contribution in [0.3, 0.4) is 0 Å². The highest BCUT2D eigenvalue weighted by Gasteiger charge is 2.27. The average molecular weight is 847 g/mol. The number of aromatic nitrogens is 2. The van der Waals surface area contributed by atoms with Gasteiger partial charge in [0, 0.05) is 45.2 Å². The molecule has 0 bridgehead atoms. The van der Waals surface area contributed by atoms with Crippen LogP contribution < -0.4 is 0 Å². The van der Waals surface area contributed by atoms with Crippen molar-refractivity contribution in [2.75, 3.05) is 0 Å². The van der Waals surface area contributed by atoms with E-state index in [2.05, 4.69) is 223 Å². The molecule has 0 spiro atoms. The predicted octanol–water partition coefficient (Wildman–Crippen LogP) is 17.1. The van der Waals surface area contributed by atoms with Crippen molar-refractivity contribution in [2.45, 2.75) is 26.2 Å². The second kappa shape index (κ2) is 17.1. The quantitative estimate of drug-likeness (QED) is 0.121. The molecular formula is C64H50N2. The lowest BCUT2D eigenvalue weighted by Crippen LogP contribution is -2.05. The summed E-state index contributed by atoms with van der Waals surface area (Å²) in [4.78, 5) is 0. The highest BCUT2D eigenvalue weighted by molar-refractivity contribution is 6.12. The molecule has 2 heterocycles. The molecule has 0 fully saturated rings. The van der Waals surface area contributed by atoms with E-state index in [-0.39, 0.29) is 0 Å². The monoisotopic (exact) mass is 846 g/mol. The lowest BCUT2D eigenvalue weighted by Gasteiger charge is -2.23. The summed E-state index contributed by atoms with van der Waals surface area (Å²) >= 11 is 0. The SMILES string of the molecule is C=C/C=C(\C=C/C)c1ccc(-c2ccc3c(c2)c2c(n3/C(C=C)=C/C=C)CC=C3C(=C2)CCc2cc4c5cc(-c6ccc(-c7ccccc7)cc6)ccc5n(-c5ccccc5)c4cc23)cc1. The molecule has 316 valence electrons. The second-order valence-electron chi connectivity index (χ2n) is 17.3. The maximum atomic E-state index is 4.26. The van der Waals surface area contributed by atoms with Gasteiger partial charge >= 0.3 is 0 Å². The number of hydrogen-bond donors (Lipinski definition) is 0. The molecule has 0 radical (unpaired) electrons. The average Bonchev–Trinajstić information content (AvgIpc) is 3.76. The van der Waals surface area contributed by atoms with Gasteiger partial charge in [-0.2, -0.15) is 0 Å². The number of para-hydroxylation sites is 1. The molecular weight excluding hydrogens is 797 g/mol. The van der Waals surface area contributed by atoms with Gasteiger partial charge in [0.25, 0.3) is 0 Å². The Labute approximate surface area is 387 Å². The molecule has 2 heteroatoms. The van der Waals surface area contributed by atoms with Gasteiger partial charge in [-0.05, 0) is 153 Å². The van der Waals surface area contributed by atoms with Crippen molar-refractivity contribution in [3.63, 3.8) is 0 Å². The van der Waals surface area contributed by atoms with E-state index in [1.807, 2.05) is 25.2 Å². The zero-order chi connectivity index (χ0) is 44.7. The molecule has 2 aliphatic carbocycles. The first-order valence-corrected chi connectivity index (χ1v) is 23.0. The Morgan fingerprint density at radius 2 is 1.17 bits per heavy atom. The van der Waals surface area contributed by atoms with Gasteiger partial charge in [-0.1, -0.05) is 165 Å². The summed E-state index contributed by atoms with van der Waals surface area (Å²) in [7, 11) is 0. The lowest BCUT2D eigenvalue weighted by atomic mass is 9.82. The Bertz CT molecular complexity index is 3560. The zero-order valence-electron chi connectivity index (χ0n) is 37.3. The standard InChI is InChI=1S/C64H50N2/c1-5-15-43(16-6-2)45-22-26-47(27-23-45)49-32-35-61-57(38-49)59-40-51-30-31-52-41-60-58-39-50(48-28-24-46(25-29-48)44-18-11-9-12-19-44)33-36-62(58)66(54-20-13-10-14-21-54)64(60)42-56(52)55(51)34-37-63(59)65(61)53(8-4)17-7-3/h5-29,32-36,38-42H,1,3-4,30-31,37H2,2H3/b16-6-,43-15+,53-17+. The van der Waals surface area contributed by atoms with Crippen LogP contribution in [0.1, 0.15) is 41.3 Å². The third kappa shape index (κ3) is 6.99. The third-order valence-electron chi connectivity index (χ3n) is 13.5. The van der Waals surface area contributed by atoms with Crippen molar-refractivity contribution in [1.82, 2.24) is 9.13 Å². The number of fused-ring (bicyclic) bond motifs is 9. The van der Waals surface area contributed by atoms with Crippen LogP contribution in [-0.2, 0) is 12.8 Å². The Morgan fingerprint density at radius 3 is 1.85 bits per heavy atom. The first kappa shape index (κ1) is 40.6. The minimum Gasteiger partial charge on any atom is -0.313 e. The number of allylic oxidation sites excluding steroid dienone is 12. The van der Waals surface area contributed by atoms with Gasteiger partial charge in [-0.15, -0.1) is 0 Å². The van der Waals surface area contributed by atoms with Gasteiger partial charge in [-0.3, -0.25) is 0 Å². The van der Waals surface area contributed by atoms with Crippen LogP contribution in [0.4, 0.5) is 0 Å². The van der Waals surface area contributed by atoms with Crippen LogP contribution in [0.25, 0.3) is 94.7 Å². The zero-order valence-corrected chi connectivity index (χ0v) is 37.3. The predicted molar refractivity (Wildman–Crippen MR) is 285 cm³/mol. The van der Waals surface area contributed by atoms with E-state index in [0.29, 0.717) is 0 Å². The Balaban J connectivity index is 1.04. The highest BCUT2D eigenvalue weighted by Crippen LogP contribution is 2.46. The van der Waals surface area contributed by atoms with Crippen molar-refractivity contribution < 1.29 is 0 Å². The van der Waals surface area contributed by atoms with Crippen molar-refractivity contribution in [1.29, 1.82) is 0 Å². The van der Waals surface area contributed by atoms with Gasteiger partial charge < -0.3 is 9.13 Å². The molecule has 0 saturated heterocycles. The number of rotatable bonds is 10. The molecule has 2 aliphatic rings. The first-order valence-electron chi connectivity index (χ1n) is 23.0. The van der Waals surface area contributed by atoms with Crippen LogP contribution in [0.5, 0.6) is 0 Å². The van der Waals surface area contributed by atoms with Crippen molar-refractivity contribution >= 4 is 55.6 Å². The summed E-state index contributed by atoms with van der Waals surface area (Å²) in [6.45, 7) is 14.3. The second-order valence-corrected chi connectivity index (χ2v) is 17.3. The molecule has 0 atom stereocenters. The smallest absolute Gasteiger partial charge is 0.0547 e. The summed E-state index contributed by atoms with van der Waals surface area (Å²) in [5, 5.41) is 3.80. The fourth-order valence-corrected chi connectivity index (χ4v) is 10.4. The molecule has 7 aromatic carbocycles. The van der Waals surface area contributed by atoms with E-state index < -0.39 is 0 Å². The number of nitrogens with zero attached hydrogens (tertiary/aromatic N) is 2. The fourth-order valence-electron chi connectivity index (χ4n) is 10.4. The van der Waals surface area contributed by atoms with Crippen LogP contribution in [0, 0.1) is 0 Å². The van der Waals surface area contributed by atoms with Gasteiger partial charge in [-0.25, -0.2) is 0 Å². The van der Waals surface area contributed by atoms with Crippen molar-refractivity contribution in [3.05, 3.63) is 260 Å². The molecule has 0 saturated carbocycles. The van der Waals surface area contributed by atoms with Crippen LogP contribution in [0.2, 0.25) is 0 Å². The molecule has 0 amide bonds. The van der Waals surface area contributed by atoms with Crippen molar-refractivity contribution in [2.24, 2.45) is 0 Å². The number of hydrogen-bond acceptors (Lipinski definition) is 0. The summed E-state index contributed by atoms with van der Waals surface area (Å²) in [5.41, 5.74) is 23.3. The Morgan fingerprint density at radius 1 is 0.561 bits per heavy atom. The van der Waals surface area contributed by atoms with Gasteiger partial charge in [0.1, 0.15) is 0 Å². The lowest BCUT2D eigenvalue weighted by molar-refractivity contribution is 0.946. The molecule has 2 aromatic heterocycles. The largest absolute Gasteiger partial charge is 0.313 e. The van der Waals surface area contributed by atoms with Gasteiger partial charge in [0.15, 0.2) is 0 Å². The van der Waals surface area contributed by atoms with E-state index in [1.54, 1.807) is 0 Å². The number of aryl methyl sites for hydroxylation is 1. The van der Waals surface area contributed by atoms with Crippen molar-refractivity contribution in [3.8, 4) is 39.1 Å². The van der Waals surface area contributed by atoms with Crippen LogP contribution in [0.15, 0.2) is 232 Å². The normalized spacial score (nSPS) is 13.8. The third-order valence-corrected chi connectivity index (χ3v) is 13.5. The summed E-state index contributed by atoms with van der Waals surface area (Å²) < 4.78 is 4.85. The maximum absolute atomic E-state index is 4.26. The molecule has 0 unspecified atom stereocenters. The first-order chi connectivity index (χ1) is 32.5. The van der Waals surface area contributed by atoms with E-state index in [9.17, 15) is 0 Å². The van der Waals surface area contributed by atoms with E-state index in [4.69, 9.17) is 0 Å². The van der Waals surface area contributed by atoms with E-state index in [0.717, 1.165) is 36.2 Å². The van der Waals surface area contributed by atoms with Crippen LogP contribution in [-0.4, -0.2) is 9.13 Å². The van der Waals surface area contributed by atoms with Gasteiger partial charge in [0.05, 0.1) is 16.6 Å². The summed E-state index contributed by atoms with van der Waals surface area (Å²) in [6.07, 6.45) is 21.7.